The van der Waals surface area contributed by atoms with Crippen LogP contribution in [0.5, 0.6) is 11.5 Å². The summed E-state index contributed by atoms with van der Waals surface area (Å²) in [6.07, 6.45) is 4.25. The first-order chi connectivity index (χ1) is 23.2. The van der Waals surface area contributed by atoms with Crippen molar-refractivity contribution in [3.63, 3.8) is 0 Å². The van der Waals surface area contributed by atoms with Gasteiger partial charge in [-0.3, -0.25) is 19.2 Å². The highest BCUT2D eigenvalue weighted by Crippen LogP contribution is 2.35. The van der Waals surface area contributed by atoms with Gasteiger partial charge >= 0.3 is 0 Å². The first kappa shape index (κ1) is 33.1. The third kappa shape index (κ3) is 7.82. The van der Waals surface area contributed by atoms with E-state index in [9.17, 15) is 19.2 Å². The van der Waals surface area contributed by atoms with Crippen LogP contribution in [0.25, 0.3) is 11.0 Å². The smallest absolute Gasteiger partial charge is 0.287 e. The standard InChI is InChI=1S/C30H31N3O7.C7H7Cl/c34-23-14-27(40-24-15-26-25(13-22(23)24)38-18-39-26)30(37)31-16-29(36)32-11-8-19(9-12-32)21-6-2-1-5-20(21)17-33-10-4-3-7-28(33)35;1-6-2-4-7(8)5-3-6/h1-2,5-6,13-15,19H,3-4,7-12,16-18H2,(H,31,37);2-5H,1H3. The maximum absolute atomic E-state index is 12.9. The maximum Gasteiger partial charge on any atom is 0.287 e. The molecule has 7 rings (SSSR count). The zero-order chi connectivity index (χ0) is 33.6. The normalized spacial score (nSPS) is 16.0. The van der Waals surface area contributed by atoms with E-state index in [1.807, 2.05) is 48.2 Å². The molecule has 2 fully saturated rings. The number of benzene rings is 3. The van der Waals surface area contributed by atoms with Gasteiger partial charge in [-0.05, 0) is 67.9 Å². The first-order valence-electron chi connectivity index (χ1n) is 16.3. The second-order valence-corrected chi connectivity index (χ2v) is 12.7. The topological polar surface area (TPSA) is 118 Å². The van der Waals surface area contributed by atoms with Crippen LogP contribution in [0.3, 0.4) is 0 Å². The van der Waals surface area contributed by atoms with Crippen LogP contribution in [-0.4, -0.2) is 60.5 Å². The number of aryl methyl sites for hydroxylation is 1. The van der Waals surface area contributed by atoms with Gasteiger partial charge < -0.3 is 29.0 Å². The fraction of sp³-hybridized carbons (Fsp3) is 0.351. The summed E-state index contributed by atoms with van der Waals surface area (Å²) in [5.74, 6) is 0.413. The summed E-state index contributed by atoms with van der Waals surface area (Å²) in [5, 5.41) is 3.67. The number of nitrogens with zero attached hydrogens (tertiary/aromatic N) is 2. The molecule has 1 N–H and O–H groups in total. The Hall–Kier alpha value is -4.83. The Morgan fingerprint density at radius 1 is 0.917 bits per heavy atom. The summed E-state index contributed by atoms with van der Waals surface area (Å²) >= 11 is 5.61. The number of amides is 3. The number of ether oxygens (including phenoxy) is 2. The highest BCUT2D eigenvalue weighted by molar-refractivity contribution is 6.30. The fourth-order valence-corrected chi connectivity index (χ4v) is 6.42. The lowest BCUT2D eigenvalue weighted by Gasteiger charge is -2.34. The van der Waals surface area contributed by atoms with Gasteiger partial charge in [-0.25, -0.2) is 0 Å². The number of carbonyl (C=O) groups excluding carboxylic acids is 3. The van der Waals surface area contributed by atoms with E-state index < -0.39 is 5.91 Å². The van der Waals surface area contributed by atoms with E-state index in [1.54, 1.807) is 4.90 Å². The zero-order valence-corrected chi connectivity index (χ0v) is 27.6. The quantitative estimate of drug-likeness (QED) is 0.275. The third-order valence-electron chi connectivity index (χ3n) is 8.98. The lowest BCUT2D eigenvalue weighted by Crippen LogP contribution is -2.44. The molecule has 0 atom stereocenters. The Morgan fingerprint density at radius 2 is 1.65 bits per heavy atom. The van der Waals surface area contributed by atoms with Crippen molar-refractivity contribution < 1.29 is 28.3 Å². The van der Waals surface area contributed by atoms with Crippen LogP contribution in [0.1, 0.15) is 65.3 Å². The lowest BCUT2D eigenvalue weighted by atomic mass is 9.86. The van der Waals surface area contributed by atoms with Crippen molar-refractivity contribution >= 4 is 40.3 Å². The van der Waals surface area contributed by atoms with Crippen molar-refractivity contribution in [1.29, 1.82) is 0 Å². The van der Waals surface area contributed by atoms with Gasteiger partial charge in [0.05, 0.1) is 11.9 Å². The van der Waals surface area contributed by atoms with Crippen molar-refractivity contribution in [2.75, 3.05) is 33.0 Å². The molecule has 48 heavy (non-hydrogen) atoms. The largest absolute Gasteiger partial charge is 0.454 e. The molecule has 3 aliphatic heterocycles. The molecule has 10 nitrogen and oxygen atoms in total. The van der Waals surface area contributed by atoms with Gasteiger partial charge in [-0.2, -0.15) is 0 Å². The minimum absolute atomic E-state index is 0.0542. The monoisotopic (exact) mass is 671 g/mol. The second kappa shape index (κ2) is 14.9. The van der Waals surface area contributed by atoms with Gasteiger partial charge in [0.15, 0.2) is 22.7 Å². The van der Waals surface area contributed by atoms with Crippen molar-refractivity contribution in [1.82, 2.24) is 15.1 Å². The number of hydrogen-bond acceptors (Lipinski definition) is 7. The molecule has 3 aliphatic rings. The molecule has 4 aromatic rings. The minimum atomic E-state index is -0.638. The number of piperidine rings is 2. The third-order valence-corrected chi connectivity index (χ3v) is 9.23. The summed E-state index contributed by atoms with van der Waals surface area (Å²) in [7, 11) is 0. The van der Waals surface area contributed by atoms with Gasteiger partial charge in [-0.15, -0.1) is 0 Å². The summed E-state index contributed by atoms with van der Waals surface area (Å²) < 4.78 is 16.3. The van der Waals surface area contributed by atoms with Crippen LogP contribution in [0, 0.1) is 6.92 Å². The predicted octanol–water partition coefficient (Wildman–Crippen LogP) is 5.82. The Kier molecular flexibility index (Phi) is 10.3. The van der Waals surface area contributed by atoms with Gasteiger partial charge in [0.25, 0.3) is 5.91 Å². The maximum atomic E-state index is 12.9. The van der Waals surface area contributed by atoms with Crippen LogP contribution in [-0.2, 0) is 16.1 Å². The lowest BCUT2D eigenvalue weighted by molar-refractivity contribution is -0.134. The second-order valence-electron chi connectivity index (χ2n) is 12.3. The first-order valence-corrected chi connectivity index (χ1v) is 16.6. The van der Waals surface area contributed by atoms with Crippen LogP contribution in [0.15, 0.2) is 75.9 Å². The van der Waals surface area contributed by atoms with E-state index in [0.29, 0.717) is 43.5 Å². The summed E-state index contributed by atoms with van der Waals surface area (Å²) in [5.41, 5.74) is 3.49. The van der Waals surface area contributed by atoms with Crippen molar-refractivity contribution in [2.24, 2.45) is 0 Å². The van der Waals surface area contributed by atoms with Crippen molar-refractivity contribution in [3.05, 3.63) is 104 Å². The fourth-order valence-electron chi connectivity index (χ4n) is 6.30. The molecule has 3 amide bonds. The molecule has 250 valence electrons. The van der Waals surface area contributed by atoms with Crippen LogP contribution in [0.4, 0.5) is 0 Å². The molecular formula is C37H38ClN3O7. The molecule has 0 radical (unpaired) electrons. The molecule has 11 heteroatoms. The van der Waals surface area contributed by atoms with Crippen LogP contribution in [0.2, 0.25) is 5.02 Å². The molecule has 0 aliphatic carbocycles. The number of likely N-dealkylation sites (tertiary alicyclic amines) is 2. The average Bonchev–Trinajstić information content (AvgIpc) is 3.57. The number of fused-ring (bicyclic) bond motifs is 2. The number of carbonyl (C=O) groups is 3. The van der Waals surface area contributed by atoms with Gasteiger partial charge in [-0.1, -0.05) is 53.6 Å². The van der Waals surface area contributed by atoms with Gasteiger partial charge in [0.2, 0.25) is 18.6 Å². The van der Waals surface area contributed by atoms with E-state index in [1.165, 1.54) is 28.8 Å². The van der Waals surface area contributed by atoms with E-state index in [2.05, 4.69) is 17.4 Å². The highest BCUT2D eigenvalue weighted by Gasteiger charge is 2.27. The van der Waals surface area contributed by atoms with Gasteiger partial charge in [0.1, 0.15) is 5.58 Å². The molecule has 0 saturated carbocycles. The molecule has 0 bridgehead atoms. The van der Waals surface area contributed by atoms with Crippen LogP contribution >= 0.6 is 11.6 Å². The molecule has 0 spiro atoms. The number of hydrogen-bond donors (Lipinski definition) is 1. The molecule has 4 heterocycles. The average molecular weight is 672 g/mol. The van der Waals surface area contributed by atoms with Gasteiger partial charge in [0, 0.05) is 49.8 Å². The predicted molar refractivity (Wildman–Crippen MR) is 181 cm³/mol. The minimum Gasteiger partial charge on any atom is -0.454 e. The van der Waals surface area contributed by atoms with E-state index in [4.69, 9.17) is 25.5 Å². The summed E-state index contributed by atoms with van der Waals surface area (Å²) in [6, 6.07) is 20.2. The molecule has 2 saturated heterocycles. The van der Waals surface area contributed by atoms with E-state index in [0.717, 1.165) is 43.3 Å². The molecule has 1 aromatic heterocycles. The Balaban J connectivity index is 0.000000441. The highest BCUT2D eigenvalue weighted by atomic mass is 35.5. The Bertz CT molecular complexity index is 1840. The number of nitrogens with one attached hydrogen (secondary N) is 1. The van der Waals surface area contributed by atoms with E-state index in [-0.39, 0.29) is 47.3 Å². The van der Waals surface area contributed by atoms with Crippen LogP contribution < -0.4 is 20.2 Å². The number of rotatable bonds is 6. The Morgan fingerprint density at radius 3 is 2.38 bits per heavy atom. The zero-order valence-electron chi connectivity index (χ0n) is 26.8. The van der Waals surface area contributed by atoms with Crippen molar-refractivity contribution in [3.8, 4) is 11.5 Å². The SMILES string of the molecule is Cc1ccc(Cl)cc1.O=C(NCC(=O)N1CCC(c2ccccc2CN2CCCCC2=O)CC1)c1cc(=O)c2cc3c(cc2o1)OCO3. The van der Waals surface area contributed by atoms with Crippen molar-refractivity contribution in [2.45, 2.75) is 51.5 Å². The molecular weight excluding hydrogens is 634 g/mol. The van der Waals surface area contributed by atoms with E-state index >= 15 is 0 Å². The molecule has 0 unspecified atom stereocenters. The summed E-state index contributed by atoms with van der Waals surface area (Å²) in [4.78, 5) is 54.2. The molecule has 3 aromatic carbocycles. The number of halogens is 1. The Labute approximate surface area is 283 Å². The summed E-state index contributed by atoms with van der Waals surface area (Å²) in [6.45, 7) is 4.49.